The molecule has 2 heterocycles. The van der Waals surface area contributed by atoms with Gasteiger partial charge in [-0.05, 0) is 81.0 Å². The van der Waals surface area contributed by atoms with E-state index in [9.17, 15) is 9.90 Å². The van der Waals surface area contributed by atoms with Gasteiger partial charge in [-0.2, -0.15) is 0 Å². The molecule has 1 amide bonds. The largest absolute Gasteiger partial charge is 0.392 e. The van der Waals surface area contributed by atoms with Gasteiger partial charge in [-0.15, -0.1) is 0 Å². The Morgan fingerprint density at radius 3 is 2.52 bits per heavy atom. The molecule has 184 valence electrons. The van der Waals surface area contributed by atoms with Crippen molar-refractivity contribution in [2.75, 3.05) is 32.7 Å². The third kappa shape index (κ3) is 6.56. The number of piperidine rings is 1. The van der Waals surface area contributed by atoms with E-state index < -0.39 is 0 Å². The predicted octanol–water partition coefficient (Wildman–Crippen LogP) is 3.09. The molecular weight excluding hydrogens is 412 g/mol. The van der Waals surface area contributed by atoms with Gasteiger partial charge in [0.15, 0.2) is 0 Å². The molecular formula is C27H44N4O2. The summed E-state index contributed by atoms with van der Waals surface area (Å²) in [5, 5.41) is 10.5. The van der Waals surface area contributed by atoms with Crippen LogP contribution in [0.15, 0.2) is 24.3 Å². The zero-order valence-corrected chi connectivity index (χ0v) is 20.2. The fourth-order valence-corrected chi connectivity index (χ4v) is 6.69. The van der Waals surface area contributed by atoms with Crippen LogP contribution < -0.4 is 11.5 Å². The molecule has 0 radical (unpaired) electrons. The summed E-state index contributed by atoms with van der Waals surface area (Å²) in [6.45, 7) is 4.54. The number of carbonyl (C=O) groups excluding carboxylic acids is 1. The first-order valence-electron chi connectivity index (χ1n) is 13.3. The highest BCUT2D eigenvalue weighted by atomic mass is 16.3. The Bertz CT molecular complexity index is 752. The molecule has 0 aromatic heterocycles. The molecule has 2 bridgehead atoms. The minimum absolute atomic E-state index is 0.321. The van der Waals surface area contributed by atoms with Gasteiger partial charge in [-0.3, -0.25) is 14.6 Å². The first kappa shape index (κ1) is 24.6. The molecule has 6 nitrogen and oxygen atoms in total. The fourth-order valence-electron chi connectivity index (χ4n) is 6.69. The number of nitrogens with two attached hydrogens (primary N) is 2. The van der Waals surface area contributed by atoms with E-state index in [4.69, 9.17) is 11.5 Å². The monoisotopic (exact) mass is 456 g/mol. The summed E-state index contributed by atoms with van der Waals surface area (Å²) in [7, 11) is 0. The van der Waals surface area contributed by atoms with Crippen molar-refractivity contribution in [1.29, 1.82) is 0 Å². The number of rotatable bonds is 11. The molecule has 0 spiro atoms. The smallest absolute Gasteiger partial charge is 0.248 e. The van der Waals surface area contributed by atoms with Crippen molar-refractivity contribution in [2.24, 2.45) is 17.4 Å². The average Bonchev–Trinajstić information content (AvgIpc) is 3.05. The van der Waals surface area contributed by atoms with E-state index in [0.717, 1.165) is 44.9 Å². The van der Waals surface area contributed by atoms with E-state index in [1.807, 2.05) is 18.2 Å². The van der Waals surface area contributed by atoms with Gasteiger partial charge in [-0.1, -0.05) is 31.4 Å². The molecule has 1 aromatic rings. The van der Waals surface area contributed by atoms with Crippen LogP contribution in [0.25, 0.3) is 0 Å². The summed E-state index contributed by atoms with van der Waals surface area (Å²) in [5.74, 6) is 0.957. The number of nitrogens with zero attached hydrogens (tertiary/aromatic N) is 2. The van der Waals surface area contributed by atoms with Gasteiger partial charge in [0.1, 0.15) is 0 Å². The lowest BCUT2D eigenvalue weighted by molar-refractivity contribution is 0.0674. The van der Waals surface area contributed by atoms with Crippen molar-refractivity contribution in [1.82, 2.24) is 9.80 Å². The molecule has 33 heavy (non-hydrogen) atoms. The van der Waals surface area contributed by atoms with Crippen molar-refractivity contribution in [3.63, 3.8) is 0 Å². The molecule has 2 unspecified atom stereocenters. The first-order chi connectivity index (χ1) is 16.0. The lowest BCUT2D eigenvalue weighted by Gasteiger charge is -2.41. The second-order valence-corrected chi connectivity index (χ2v) is 10.8. The number of carbonyl (C=O) groups is 1. The van der Waals surface area contributed by atoms with Crippen LogP contribution in [0, 0.1) is 5.92 Å². The van der Waals surface area contributed by atoms with Gasteiger partial charge in [0.05, 0.1) is 6.10 Å². The zero-order valence-electron chi connectivity index (χ0n) is 20.2. The Kier molecular flexibility index (Phi) is 8.80. The Morgan fingerprint density at radius 1 is 1.12 bits per heavy atom. The zero-order chi connectivity index (χ0) is 23.2. The van der Waals surface area contributed by atoms with Crippen molar-refractivity contribution >= 4 is 5.91 Å². The second-order valence-electron chi connectivity index (χ2n) is 10.8. The van der Waals surface area contributed by atoms with E-state index in [0.29, 0.717) is 36.5 Å². The molecule has 2 aliphatic heterocycles. The van der Waals surface area contributed by atoms with Crippen molar-refractivity contribution in [3.8, 4) is 0 Å². The van der Waals surface area contributed by atoms with Crippen molar-refractivity contribution < 1.29 is 9.90 Å². The summed E-state index contributed by atoms with van der Waals surface area (Å²) in [5.41, 5.74) is 13.1. The van der Waals surface area contributed by atoms with Crippen molar-refractivity contribution in [2.45, 2.75) is 88.3 Å². The molecule has 4 rings (SSSR count). The van der Waals surface area contributed by atoms with Crippen LogP contribution in [-0.2, 0) is 0 Å². The summed E-state index contributed by atoms with van der Waals surface area (Å²) >= 11 is 0. The van der Waals surface area contributed by atoms with Crippen LogP contribution in [0.1, 0.15) is 86.0 Å². The lowest BCUT2D eigenvalue weighted by Crippen LogP contribution is -2.47. The summed E-state index contributed by atoms with van der Waals surface area (Å²) < 4.78 is 0. The van der Waals surface area contributed by atoms with E-state index in [2.05, 4.69) is 15.9 Å². The van der Waals surface area contributed by atoms with Crippen LogP contribution in [0.4, 0.5) is 0 Å². The molecule has 3 fully saturated rings. The van der Waals surface area contributed by atoms with Gasteiger partial charge in [-0.25, -0.2) is 0 Å². The third-order valence-electron chi connectivity index (χ3n) is 8.41. The minimum Gasteiger partial charge on any atom is -0.392 e. The maximum atomic E-state index is 11.6. The number of hydrogen-bond acceptors (Lipinski definition) is 5. The highest BCUT2D eigenvalue weighted by Gasteiger charge is 2.41. The SMILES string of the molecule is NCC[C@H](O)CN(CCN1C2CCC1CC(c1cccc(C(N)=O)c1)C2)CC1CCCCC1. The Labute approximate surface area is 199 Å². The average molecular weight is 457 g/mol. The Morgan fingerprint density at radius 2 is 1.85 bits per heavy atom. The molecule has 3 aliphatic rings. The quantitative estimate of drug-likeness (QED) is 0.476. The first-order valence-corrected chi connectivity index (χ1v) is 13.3. The van der Waals surface area contributed by atoms with Gasteiger partial charge in [0, 0.05) is 43.8 Å². The van der Waals surface area contributed by atoms with Crippen LogP contribution in [0.2, 0.25) is 0 Å². The maximum absolute atomic E-state index is 11.6. The van der Waals surface area contributed by atoms with E-state index in [1.54, 1.807) is 0 Å². The normalized spacial score (nSPS) is 27.2. The van der Waals surface area contributed by atoms with Crippen LogP contribution >= 0.6 is 0 Å². The number of amides is 1. The second kappa shape index (κ2) is 11.8. The number of primary amides is 1. The van der Waals surface area contributed by atoms with Gasteiger partial charge >= 0.3 is 0 Å². The third-order valence-corrected chi connectivity index (χ3v) is 8.41. The number of fused-ring (bicyclic) bond motifs is 2. The Balaban J connectivity index is 1.34. The molecule has 5 N–H and O–H groups in total. The van der Waals surface area contributed by atoms with Gasteiger partial charge in [0.2, 0.25) is 5.91 Å². The summed E-state index contributed by atoms with van der Waals surface area (Å²) in [4.78, 5) is 16.9. The standard InChI is InChI=1S/C27H44N4O2/c28-12-11-26(32)19-30(18-20-5-2-1-3-6-20)13-14-31-24-9-10-25(31)17-23(16-24)21-7-4-8-22(15-21)27(29)33/h4,7-8,15,20,23-26,32H,1-3,5-6,9-14,16-19,28H2,(H2,29,33)/t23?,24?,25?,26-/m0/s1. The van der Waals surface area contributed by atoms with E-state index >= 15 is 0 Å². The fraction of sp³-hybridized carbons (Fsp3) is 0.741. The molecule has 1 aliphatic carbocycles. The highest BCUT2D eigenvalue weighted by molar-refractivity contribution is 5.92. The number of aliphatic hydroxyl groups is 1. The number of aliphatic hydroxyl groups excluding tert-OH is 1. The summed E-state index contributed by atoms with van der Waals surface area (Å²) in [6, 6.07) is 9.20. The molecule has 6 heteroatoms. The Hall–Kier alpha value is -1.47. The van der Waals surface area contributed by atoms with Crippen LogP contribution in [0.5, 0.6) is 0 Å². The number of benzene rings is 1. The predicted molar refractivity (Wildman–Crippen MR) is 133 cm³/mol. The molecule has 2 saturated heterocycles. The highest BCUT2D eigenvalue weighted by Crippen LogP contribution is 2.43. The van der Waals surface area contributed by atoms with Crippen LogP contribution in [-0.4, -0.2) is 71.7 Å². The van der Waals surface area contributed by atoms with Gasteiger partial charge < -0.3 is 16.6 Å². The van der Waals surface area contributed by atoms with Gasteiger partial charge in [0.25, 0.3) is 0 Å². The van der Waals surface area contributed by atoms with Crippen molar-refractivity contribution in [3.05, 3.63) is 35.4 Å². The molecule has 1 saturated carbocycles. The summed E-state index contributed by atoms with van der Waals surface area (Å²) in [6.07, 6.45) is 12.0. The topological polar surface area (TPSA) is 95.8 Å². The van der Waals surface area contributed by atoms with Crippen LogP contribution in [0.3, 0.4) is 0 Å². The van der Waals surface area contributed by atoms with E-state index in [-0.39, 0.29) is 12.0 Å². The minimum atomic E-state index is -0.341. The molecule has 3 atom stereocenters. The molecule has 1 aromatic carbocycles. The lowest BCUT2D eigenvalue weighted by atomic mass is 9.84. The maximum Gasteiger partial charge on any atom is 0.248 e. The van der Waals surface area contributed by atoms with E-state index in [1.165, 1.54) is 50.5 Å². The number of hydrogen-bond donors (Lipinski definition) is 3.